The van der Waals surface area contributed by atoms with E-state index in [1.165, 1.54) is 18.6 Å². The number of hydrogen-bond acceptors (Lipinski definition) is 3. The van der Waals surface area contributed by atoms with Crippen molar-refractivity contribution in [3.63, 3.8) is 0 Å². The van der Waals surface area contributed by atoms with E-state index in [1.807, 2.05) is 0 Å². The number of nitrogens with one attached hydrogen (secondary N) is 1. The van der Waals surface area contributed by atoms with Crippen LogP contribution in [0.3, 0.4) is 0 Å². The van der Waals surface area contributed by atoms with E-state index >= 15 is 0 Å². The van der Waals surface area contributed by atoms with Gasteiger partial charge in [-0.15, -0.1) is 11.3 Å². The zero-order valence-electron chi connectivity index (χ0n) is 10.3. The lowest BCUT2D eigenvalue weighted by molar-refractivity contribution is 0.626. The van der Waals surface area contributed by atoms with E-state index in [0.717, 1.165) is 29.2 Å². The third kappa shape index (κ3) is 2.96. The number of aromatic nitrogens is 1. The second-order valence-corrected chi connectivity index (χ2v) is 6.08. The average Bonchev–Trinajstić information content (AvgIpc) is 3.03. The Morgan fingerprint density at radius 3 is 3.11 bits per heavy atom. The molecule has 0 spiro atoms. The van der Waals surface area contributed by atoms with Crippen molar-refractivity contribution >= 4 is 22.9 Å². The summed E-state index contributed by atoms with van der Waals surface area (Å²) in [6.07, 6.45) is 3.03. The van der Waals surface area contributed by atoms with Crippen molar-refractivity contribution in [3.8, 4) is 0 Å². The minimum absolute atomic E-state index is 0.302. The minimum Gasteiger partial charge on any atom is -0.309 e. The lowest BCUT2D eigenvalue weighted by atomic mass is 10.1. The van der Waals surface area contributed by atoms with E-state index in [9.17, 15) is 4.39 Å². The van der Waals surface area contributed by atoms with Crippen molar-refractivity contribution in [2.24, 2.45) is 0 Å². The zero-order valence-corrected chi connectivity index (χ0v) is 11.9. The second-order valence-electron chi connectivity index (χ2n) is 4.73. The fourth-order valence-corrected chi connectivity index (χ4v) is 3.44. The van der Waals surface area contributed by atoms with Gasteiger partial charge in [0.25, 0.3) is 0 Å². The third-order valence-electron chi connectivity index (χ3n) is 3.34. The first kappa shape index (κ1) is 13.0. The van der Waals surface area contributed by atoms with Crippen molar-refractivity contribution in [2.75, 3.05) is 6.54 Å². The number of hydrogen-bond donors (Lipinski definition) is 1. The Labute approximate surface area is 120 Å². The Morgan fingerprint density at radius 1 is 1.47 bits per heavy atom. The molecule has 1 aliphatic heterocycles. The molecule has 1 N–H and O–H groups in total. The lowest BCUT2D eigenvalue weighted by Crippen LogP contribution is -2.13. The van der Waals surface area contributed by atoms with Crippen molar-refractivity contribution < 1.29 is 4.39 Å². The molecular weight excluding hydrogens is 283 g/mol. The van der Waals surface area contributed by atoms with Crippen LogP contribution in [0.1, 0.15) is 35.1 Å². The van der Waals surface area contributed by atoms with Gasteiger partial charge < -0.3 is 5.32 Å². The first-order valence-electron chi connectivity index (χ1n) is 6.34. The van der Waals surface area contributed by atoms with E-state index in [2.05, 4.69) is 15.7 Å². The molecule has 1 aromatic carbocycles. The molecule has 0 aliphatic carbocycles. The fourth-order valence-electron chi connectivity index (χ4n) is 2.33. The summed E-state index contributed by atoms with van der Waals surface area (Å²) in [4.78, 5) is 4.65. The van der Waals surface area contributed by atoms with Gasteiger partial charge in [-0.05, 0) is 37.1 Å². The lowest BCUT2D eigenvalue weighted by Gasteiger charge is -2.05. The van der Waals surface area contributed by atoms with Crippen LogP contribution in [0.15, 0.2) is 23.6 Å². The van der Waals surface area contributed by atoms with E-state index in [0.29, 0.717) is 17.5 Å². The highest BCUT2D eigenvalue weighted by atomic mass is 35.5. The molecule has 1 aliphatic rings. The average molecular weight is 297 g/mol. The first-order valence-corrected chi connectivity index (χ1v) is 7.60. The van der Waals surface area contributed by atoms with Crippen LogP contribution in [0.2, 0.25) is 5.02 Å². The molecule has 5 heteroatoms. The van der Waals surface area contributed by atoms with Gasteiger partial charge in [-0.1, -0.05) is 17.7 Å². The molecule has 0 radical (unpaired) electrons. The number of nitrogens with zero attached hydrogens (tertiary/aromatic N) is 1. The summed E-state index contributed by atoms with van der Waals surface area (Å²) in [5.41, 5.74) is 2.04. The van der Waals surface area contributed by atoms with Crippen molar-refractivity contribution in [2.45, 2.75) is 25.3 Å². The molecule has 0 saturated carbocycles. The molecule has 19 heavy (non-hydrogen) atoms. The van der Waals surface area contributed by atoms with E-state index in [1.54, 1.807) is 17.4 Å². The van der Waals surface area contributed by atoms with Crippen LogP contribution in [-0.2, 0) is 6.42 Å². The third-order valence-corrected chi connectivity index (χ3v) is 4.56. The Kier molecular flexibility index (Phi) is 3.82. The first-order chi connectivity index (χ1) is 9.22. The maximum Gasteiger partial charge on any atom is 0.124 e. The van der Waals surface area contributed by atoms with Gasteiger partial charge in [-0.3, -0.25) is 0 Å². The normalized spacial score (nSPS) is 18.9. The molecule has 2 nitrogen and oxygen atoms in total. The predicted octanol–water partition coefficient (Wildman–Crippen LogP) is 3.95. The summed E-state index contributed by atoms with van der Waals surface area (Å²) in [6.45, 7) is 1.07. The monoisotopic (exact) mass is 296 g/mol. The second kappa shape index (κ2) is 5.57. The molecular formula is C14H14ClFN2S. The summed E-state index contributed by atoms with van der Waals surface area (Å²) >= 11 is 7.68. The van der Waals surface area contributed by atoms with Crippen LogP contribution < -0.4 is 5.32 Å². The Hall–Kier alpha value is -0.970. The largest absolute Gasteiger partial charge is 0.309 e. The quantitative estimate of drug-likeness (QED) is 0.927. The standard InChI is InChI=1S/C14H14ClFN2S/c15-11-7-10(16)4-3-9(11)6-14-18-13(8-19-14)12-2-1-5-17-12/h3-4,7-8,12,17H,1-2,5-6H2/t12-/m0/s1. The zero-order chi connectivity index (χ0) is 13.2. The van der Waals surface area contributed by atoms with Crippen LogP contribution in [0, 0.1) is 5.82 Å². The van der Waals surface area contributed by atoms with Crippen molar-refractivity contribution in [1.29, 1.82) is 0 Å². The molecule has 2 aromatic rings. The molecule has 3 rings (SSSR count). The molecule has 1 saturated heterocycles. The van der Waals surface area contributed by atoms with Gasteiger partial charge in [-0.2, -0.15) is 0 Å². The number of benzene rings is 1. The van der Waals surface area contributed by atoms with Gasteiger partial charge in [0, 0.05) is 16.8 Å². The Morgan fingerprint density at radius 2 is 2.37 bits per heavy atom. The molecule has 100 valence electrons. The maximum absolute atomic E-state index is 13.0. The SMILES string of the molecule is Fc1ccc(Cc2nc([C@@H]3CCCN3)cs2)c(Cl)c1. The Balaban J connectivity index is 1.76. The van der Waals surface area contributed by atoms with Gasteiger partial charge in [0.05, 0.1) is 16.7 Å². The number of thiazole rings is 1. The van der Waals surface area contributed by atoms with E-state index < -0.39 is 0 Å². The van der Waals surface area contributed by atoms with Gasteiger partial charge in [0.2, 0.25) is 0 Å². The summed E-state index contributed by atoms with van der Waals surface area (Å²) in [5, 5.41) is 7.04. The van der Waals surface area contributed by atoms with Crippen molar-refractivity contribution in [3.05, 3.63) is 50.7 Å². The Bertz CT molecular complexity index is 579. The minimum atomic E-state index is -0.302. The molecule has 0 unspecified atom stereocenters. The van der Waals surface area contributed by atoms with E-state index in [4.69, 9.17) is 11.6 Å². The van der Waals surface area contributed by atoms with Crippen molar-refractivity contribution in [1.82, 2.24) is 10.3 Å². The molecule has 0 amide bonds. The summed E-state index contributed by atoms with van der Waals surface area (Å²) in [5.74, 6) is -0.302. The summed E-state index contributed by atoms with van der Waals surface area (Å²) in [7, 11) is 0. The number of halogens is 2. The van der Waals surface area contributed by atoms with Crippen LogP contribution in [0.4, 0.5) is 4.39 Å². The topological polar surface area (TPSA) is 24.9 Å². The van der Waals surface area contributed by atoms with Gasteiger partial charge in [-0.25, -0.2) is 9.37 Å². The molecule has 1 fully saturated rings. The fraction of sp³-hybridized carbons (Fsp3) is 0.357. The molecule has 1 atom stereocenters. The van der Waals surface area contributed by atoms with E-state index in [-0.39, 0.29) is 5.82 Å². The predicted molar refractivity (Wildman–Crippen MR) is 76.3 cm³/mol. The van der Waals surface area contributed by atoms with Crippen LogP contribution in [0.5, 0.6) is 0 Å². The maximum atomic E-state index is 13.0. The highest BCUT2D eigenvalue weighted by Crippen LogP contribution is 2.27. The van der Waals surface area contributed by atoms with Gasteiger partial charge in [0.15, 0.2) is 0 Å². The molecule has 0 bridgehead atoms. The number of rotatable bonds is 3. The molecule has 1 aromatic heterocycles. The smallest absolute Gasteiger partial charge is 0.124 e. The summed E-state index contributed by atoms with van der Waals surface area (Å²) in [6, 6.07) is 4.92. The van der Waals surface area contributed by atoms with Gasteiger partial charge in [0.1, 0.15) is 5.82 Å². The molecule has 2 heterocycles. The van der Waals surface area contributed by atoms with Gasteiger partial charge >= 0.3 is 0 Å². The van der Waals surface area contributed by atoms with Crippen LogP contribution in [-0.4, -0.2) is 11.5 Å². The highest BCUT2D eigenvalue weighted by molar-refractivity contribution is 7.09. The van der Waals surface area contributed by atoms with Crippen LogP contribution in [0.25, 0.3) is 0 Å². The van der Waals surface area contributed by atoms with Crippen LogP contribution >= 0.6 is 22.9 Å². The summed E-state index contributed by atoms with van der Waals surface area (Å²) < 4.78 is 13.0. The highest BCUT2D eigenvalue weighted by Gasteiger charge is 2.19.